The Morgan fingerprint density at radius 3 is 3.12 bits per heavy atom. The molecule has 1 aromatic heterocycles. The molecule has 16 heavy (non-hydrogen) atoms. The highest BCUT2D eigenvalue weighted by Crippen LogP contribution is 2.32. The molecule has 0 amide bonds. The van der Waals surface area contributed by atoms with Crippen molar-refractivity contribution in [3.8, 4) is 0 Å². The lowest BCUT2D eigenvalue weighted by molar-refractivity contribution is 0.185. The molecule has 1 aliphatic rings. The van der Waals surface area contributed by atoms with E-state index in [0.29, 0.717) is 0 Å². The van der Waals surface area contributed by atoms with Gasteiger partial charge in [-0.05, 0) is 37.0 Å². The van der Waals surface area contributed by atoms with Crippen molar-refractivity contribution in [2.75, 3.05) is 18.5 Å². The van der Waals surface area contributed by atoms with Crippen molar-refractivity contribution in [3.05, 3.63) is 24.3 Å². The predicted octanol–water partition coefficient (Wildman–Crippen LogP) is 2.89. The molecule has 1 aliphatic heterocycles. The summed E-state index contributed by atoms with van der Waals surface area (Å²) < 4.78 is 9.87. The average molecular weight is 234 g/mol. The van der Waals surface area contributed by atoms with Crippen molar-refractivity contribution < 1.29 is 4.74 Å². The van der Waals surface area contributed by atoms with Crippen LogP contribution in [-0.4, -0.2) is 23.1 Å². The van der Waals surface area contributed by atoms with Crippen LogP contribution in [0.15, 0.2) is 24.3 Å². The lowest BCUT2D eigenvalue weighted by atomic mass is 10.0. The normalized spacial score (nSPS) is 25.1. The number of rotatable bonds is 2. The molecule has 0 radical (unpaired) electrons. The lowest BCUT2D eigenvalue weighted by Gasteiger charge is -2.23. The number of anilines is 1. The molecular weight excluding hydrogens is 220 g/mol. The van der Waals surface area contributed by atoms with Crippen LogP contribution in [0.2, 0.25) is 0 Å². The smallest absolute Gasteiger partial charge is 0.117 e. The van der Waals surface area contributed by atoms with Gasteiger partial charge in [0.05, 0.1) is 17.7 Å². The first-order valence-corrected chi connectivity index (χ1v) is 6.25. The minimum atomic E-state index is 0.0648. The third kappa shape index (κ3) is 1.68. The van der Waals surface area contributed by atoms with E-state index in [-0.39, 0.29) is 5.54 Å². The van der Waals surface area contributed by atoms with Crippen molar-refractivity contribution >= 4 is 27.4 Å². The monoisotopic (exact) mass is 234 g/mol. The van der Waals surface area contributed by atoms with Gasteiger partial charge in [-0.25, -0.2) is 0 Å². The summed E-state index contributed by atoms with van der Waals surface area (Å²) in [7, 11) is 0. The molecule has 0 bridgehead atoms. The van der Waals surface area contributed by atoms with Gasteiger partial charge < -0.3 is 10.1 Å². The van der Waals surface area contributed by atoms with Gasteiger partial charge in [-0.3, -0.25) is 0 Å². The van der Waals surface area contributed by atoms with Gasteiger partial charge >= 0.3 is 0 Å². The van der Waals surface area contributed by atoms with E-state index < -0.39 is 0 Å². The molecule has 1 fully saturated rings. The lowest BCUT2D eigenvalue weighted by Crippen LogP contribution is -2.34. The Morgan fingerprint density at radius 1 is 1.44 bits per heavy atom. The van der Waals surface area contributed by atoms with Gasteiger partial charge in [-0.2, -0.15) is 4.37 Å². The van der Waals surface area contributed by atoms with E-state index >= 15 is 0 Å². The Kier molecular flexibility index (Phi) is 2.33. The number of ether oxygens (including phenoxy) is 1. The van der Waals surface area contributed by atoms with Crippen LogP contribution in [0.3, 0.4) is 0 Å². The van der Waals surface area contributed by atoms with Gasteiger partial charge in [0.2, 0.25) is 0 Å². The number of nitrogens with zero attached hydrogens (tertiary/aromatic N) is 1. The van der Waals surface area contributed by atoms with Crippen LogP contribution in [0.5, 0.6) is 0 Å². The van der Waals surface area contributed by atoms with E-state index in [9.17, 15) is 0 Å². The second-order valence-corrected chi connectivity index (χ2v) is 5.29. The van der Waals surface area contributed by atoms with Gasteiger partial charge in [0.15, 0.2) is 0 Å². The summed E-state index contributed by atoms with van der Waals surface area (Å²) in [6, 6.07) is 8.23. The van der Waals surface area contributed by atoms with Crippen LogP contribution in [0.25, 0.3) is 10.9 Å². The zero-order valence-electron chi connectivity index (χ0n) is 9.19. The number of benzene rings is 1. The number of fused-ring (bicyclic) bond motifs is 1. The minimum Gasteiger partial charge on any atom is -0.379 e. The average Bonchev–Trinajstić information content (AvgIpc) is 2.87. The summed E-state index contributed by atoms with van der Waals surface area (Å²) in [5, 5.41) is 5.94. The molecule has 4 heteroatoms. The second kappa shape index (κ2) is 3.71. The summed E-state index contributed by atoms with van der Waals surface area (Å²) in [6.07, 6.45) is 1.05. The Morgan fingerprint density at radius 2 is 2.31 bits per heavy atom. The number of aromatic nitrogens is 1. The maximum absolute atomic E-state index is 5.44. The molecule has 2 heterocycles. The van der Waals surface area contributed by atoms with Crippen LogP contribution >= 0.6 is 11.5 Å². The molecule has 1 atom stereocenters. The molecule has 1 aromatic carbocycles. The third-order valence-corrected chi connectivity index (χ3v) is 3.81. The second-order valence-electron chi connectivity index (χ2n) is 4.52. The molecule has 0 aliphatic carbocycles. The SMILES string of the molecule is CC1(Nc2snc3ccccc23)CCOC1. The van der Waals surface area contributed by atoms with Crippen molar-refractivity contribution in [1.82, 2.24) is 4.37 Å². The van der Waals surface area contributed by atoms with Crippen molar-refractivity contribution in [3.63, 3.8) is 0 Å². The third-order valence-electron chi connectivity index (χ3n) is 3.02. The first kappa shape index (κ1) is 10.1. The Hall–Kier alpha value is -1.13. The first-order chi connectivity index (χ1) is 7.77. The zero-order valence-corrected chi connectivity index (χ0v) is 10.0. The van der Waals surface area contributed by atoms with Crippen molar-refractivity contribution in [2.24, 2.45) is 0 Å². The van der Waals surface area contributed by atoms with Crippen LogP contribution in [0.1, 0.15) is 13.3 Å². The fourth-order valence-corrected chi connectivity index (χ4v) is 2.93. The molecular formula is C12H14N2OS. The van der Waals surface area contributed by atoms with E-state index in [1.807, 2.05) is 12.1 Å². The molecule has 0 saturated carbocycles. The van der Waals surface area contributed by atoms with Gasteiger partial charge in [-0.1, -0.05) is 12.1 Å². The Balaban J connectivity index is 1.94. The van der Waals surface area contributed by atoms with Gasteiger partial charge in [0.1, 0.15) is 5.00 Å². The highest BCUT2D eigenvalue weighted by atomic mass is 32.1. The van der Waals surface area contributed by atoms with E-state index in [1.54, 1.807) is 0 Å². The van der Waals surface area contributed by atoms with Gasteiger partial charge in [-0.15, -0.1) is 0 Å². The Bertz CT molecular complexity index is 502. The van der Waals surface area contributed by atoms with E-state index in [4.69, 9.17) is 4.74 Å². The van der Waals surface area contributed by atoms with Crippen molar-refractivity contribution in [2.45, 2.75) is 18.9 Å². The fourth-order valence-electron chi connectivity index (χ4n) is 2.02. The Labute approximate surface area is 98.6 Å². The standard InChI is InChI=1S/C12H14N2OS/c1-12(6-7-15-8-12)13-11-9-4-2-3-5-10(9)14-16-11/h2-5,13H,6-8H2,1H3. The summed E-state index contributed by atoms with van der Waals surface area (Å²) in [5.74, 6) is 0. The fraction of sp³-hybridized carbons (Fsp3) is 0.417. The van der Waals surface area contributed by atoms with Crippen LogP contribution in [0, 0.1) is 0 Å². The first-order valence-electron chi connectivity index (χ1n) is 5.47. The van der Waals surface area contributed by atoms with Crippen LogP contribution in [0.4, 0.5) is 5.00 Å². The maximum Gasteiger partial charge on any atom is 0.117 e. The number of hydrogen-bond acceptors (Lipinski definition) is 4. The molecule has 3 rings (SSSR count). The topological polar surface area (TPSA) is 34.2 Å². The van der Waals surface area contributed by atoms with E-state index in [1.165, 1.54) is 16.9 Å². The molecule has 0 spiro atoms. The minimum absolute atomic E-state index is 0.0648. The molecule has 1 N–H and O–H groups in total. The summed E-state index contributed by atoms with van der Waals surface area (Å²) in [6.45, 7) is 3.83. The zero-order chi connectivity index (χ0) is 11.0. The van der Waals surface area contributed by atoms with Crippen LogP contribution in [-0.2, 0) is 4.74 Å². The molecule has 1 unspecified atom stereocenters. The molecule has 84 valence electrons. The largest absolute Gasteiger partial charge is 0.379 e. The molecule has 1 saturated heterocycles. The highest BCUT2D eigenvalue weighted by Gasteiger charge is 2.30. The predicted molar refractivity (Wildman–Crippen MR) is 67.1 cm³/mol. The van der Waals surface area contributed by atoms with Gasteiger partial charge in [0, 0.05) is 12.0 Å². The number of hydrogen-bond donors (Lipinski definition) is 1. The van der Waals surface area contributed by atoms with Gasteiger partial charge in [0.25, 0.3) is 0 Å². The molecule has 3 nitrogen and oxygen atoms in total. The highest BCUT2D eigenvalue weighted by molar-refractivity contribution is 7.11. The number of nitrogens with one attached hydrogen (secondary N) is 1. The summed E-state index contributed by atoms with van der Waals surface area (Å²) in [4.78, 5) is 0. The van der Waals surface area contributed by atoms with Crippen LogP contribution < -0.4 is 5.32 Å². The van der Waals surface area contributed by atoms with E-state index in [0.717, 1.165) is 30.2 Å². The quantitative estimate of drug-likeness (QED) is 0.867. The van der Waals surface area contributed by atoms with E-state index in [2.05, 4.69) is 28.7 Å². The molecule has 2 aromatic rings. The van der Waals surface area contributed by atoms with Crippen molar-refractivity contribution in [1.29, 1.82) is 0 Å². The summed E-state index contributed by atoms with van der Waals surface area (Å²) >= 11 is 1.53. The maximum atomic E-state index is 5.44. The summed E-state index contributed by atoms with van der Waals surface area (Å²) in [5.41, 5.74) is 1.13.